The molecule has 4 heteroatoms. The van der Waals surface area contributed by atoms with Gasteiger partial charge in [0.2, 0.25) is 5.91 Å². The van der Waals surface area contributed by atoms with Crippen LogP contribution in [-0.2, 0) is 4.79 Å². The first-order valence-electron chi connectivity index (χ1n) is 6.56. The van der Waals surface area contributed by atoms with Crippen molar-refractivity contribution in [2.24, 2.45) is 11.7 Å². The molecule has 2 fully saturated rings. The summed E-state index contributed by atoms with van der Waals surface area (Å²) in [6.07, 6.45) is 8.53. The summed E-state index contributed by atoms with van der Waals surface area (Å²) in [5, 5.41) is 2.29. The van der Waals surface area contributed by atoms with Crippen LogP contribution in [0.3, 0.4) is 0 Å². The van der Waals surface area contributed by atoms with Gasteiger partial charge in [-0.2, -0.15) is 0 Å². The molecule has 0 aromatic rings. The minimum atomic E-state index is -0.127. The lowest BCUT2D eigenvalue weighted by Crippen LogP contribution is -2.50. The Kier molecular flexibility index (Phi) is 4.18. The molecule has 2 aliphatic rings. The fourth-order valence-corrected chi connectivity index (χ4v) is 2.78. The average molecular weight is 225 g/mol. The van der Waals surface area contributed by atoms with Crippen molar-refractivity contribution in [2.75, 3.05) is 13.1 Å². The summed E-state index contributed by atoms with van der Waals surface area (Å²) in [6, 6.07) is 0.666. The second-order valence-electron chi connectivity index (χ2n) is 5.13. The number of primary amides is 1. The molecule has 0 atom stereocenters. The molecule has 92 valence electrons. The fourth-order valence-electron chi connectivity index (χ4n) is 2.78. The summed E-state index contributed by atoms with van der Waals surface area (Å²) >= 11 is 0. The predicted molar refractivity (Wildman–Crippen MR) is 63.5 cm³/mol. The first kappa shape index (κ1) is 11.9. The molecule has 0 aromatic carbocycles. The maximum Gasteiger partial charge on any atom is 0.220 e. The number of nitrogens with zero attached hydrogens (tertiary/aromatic N) is 1. The van der Waals surface area contributed by atoms with Crippen LogP contribution in [0.15, 0.2) is 0 Å². The fraction of sp³-hybridized carbons (Fsp3) is 0.917. The first-order valence-corrected chi connectivity index (χ1v) is 6.56. The van der Waals surface area contributed by atoms with E-state index in [2.05, 4.69) is 10.4 Å². The zero-order valence-electron chi connectivity index (χ0n) is 9.95. The molecular formula is C12H23N3O. The van der Waals surface area contributed by atoms with Gasteiger partial charge < -0.3 is 5.73 Å². The first-order chi connectivity index (χ1) is 7.75. The molecule has 16 heavy (non-hydrogen) atoms. The molecule has 1 aliphatic carbocycles. The van der Waals surface area contributed by atoms with Crippen LogP contribution in [0.2, 0.25) is 0 Å². The van der Waals surface area contributed by atoms with Gasteiger partial charge in [-0.15, -0.1) is 0 Å². The van der Waals surface area contributed by atoms with E-state index in [1.54, 1.807) is 0 Å². The van der Waals surface area contributed by atoms with Crippen molar-refractivity contribution in [3.63, 3.8) is 0 Å². The van der Waals surface area contributed by atoms with Crippen LogP contribution in [0.5, 0.6) is 0 Å². The molecule has 2 rings (SSSR count). The Bertz CT molecular complexity index is 230. The Hall–Kier alpha value is -0.610. The third-order valence-electron chi connectivity index (χ3n) is 3.87. The zero-order valence-corrected chi connectivity index (χ0v) is 9.95. The lowest BCUT2D eigenvalue weighted by atomic mass is 9.95. The molecule has 1 aliphatic heterocycles. The van der Waals surface area contributed by atoms with E-state index in [0.29, 0.717) is 6.04 Å². The maximum absolute atomic E-state index is 11.0. The number of amides is 1. The zero-order chi connectivity index (χ0) is 11.4. The summed E-state index contributed by atoms with van der Waals surface area (Å²) < 4.78 is 0. The number of carbonyl (C=O) groups excluding carboxylic acids is 1. The summed E-state index contributed by atoms with van der Waals surface area (Å²) in [5.74, 6) is -0.0262. The highest BCUT2D eigenvalue weighted by Crippen LogP contribution is 2.20. The normalized spacial score (nSPS) is 25.8. The van der Waals surface area contributed by atoms with Crippen LogP contribution >= 0.6 is 0 Å². The number of nitrogens with two attached hydrogens (primary N) is 1. The van der Waals surface area contributed by atoms with Gasteiger partial charge in [-0.1, -0.05) is 19.3 Å². The van der Waals surface area contributed by atoms with Crippen molar-refractivity contribution in [1.29, 1.82) is 0 Å². The molecule has 1 heterocycles. The van der Waals surface area contributed by atoms with Crippen LogP contribution in [0, 0.1) is 5.92 Å². The van der Waals surface area contributed by atoms with Crippen molar-refractivity contribution in [1.82, 2.24) is 10.4 Å². The molecule has 3 N–H and O–H groups in total. The number of piperidine rings is 1. The molecule has 0 aromatic heterocycles. The van der Waals surface area contributed by atoms with Gasteiger partial charge in [-0.3, -0.25) is 10.2 Å². The van der Waals surface area contributed by atoms with E-state index in [4.69, 9.17) is 5.73 Å². The van der Waals surface area contributed by atoms with E-state index in [9.17, 15) is 4.79 Å². The Morgan fingerprint density at radius 2 is 1.69 bits per heavy atom. The number of rotatable bonds is 3. The third kappa shape index (κ3) is 3.19. The van der Waals surface area contributed by atoms with Crippen LogP contribution in [-0.4, -0.2) is 30.0 Å². The molecule has 0 bridgehead atoms. The molecule has 1 saturated carbocycles. The standard InChI is InChI=1S/C12H23N3O/c13-12(16)10-6-8-15(9-7-10)14-11-4-2-1-3-5-11/h10-11,14H,1-9H2,(H2,13,16). The third-order valence-corrected chi connectivity index (χ3v) is 3.87. The minimum absolute atomic E-state index is 0.101. The van der Waals surface area contributed by atoms with Gasteiger partial charge >= 0.3 is 0 Å². The molecule has 0 radical (unpaired) electrons. The Morgan fingerprint density at radius 3 is 2.25 bits per heavy atom. The van der Waals surface area contributed by atoms with Crippen LogP contribution in [0.1, 0.15) is 44.9 Å². The largest absolute Gasteiger partial charge is 0.369 e. The van der Waals surface area contributed by atoms with Crippen molar-refractivity contribution < 1.29 is 4.79 Å². The minimum Gasteiger partial charge on any atom is -0.369 e. The second-order valence-corrected chi connectivity index (χ2v) is 5.13. The number of hydrogen-bond acceptors (Lipinski definition) is 3. The summed E-state index contributed by atoms with van der Waals surface area (Å²) in [7, 11) is 0. The van der Waals surface area contributed by atoms with Crippen molar-refractivity contribution in [3.8, 4) is 0 Å². The molecular weight excluding hydrogens is 202 g/mol. The average Bonchev–Trinajstić information content (AvgIpc) is 2.31. The van der Waals surface area contributed by atoms with E-state index in [0.717, 1.165) is 25.9 Å². The summed E-state index contributed by atoms with van der Waals surface area (Å²) in [4.78, 5) is 11.0. The number of nitrogens with one attached hydrogen (secondary N) is 1. The van der Waals surface area contributed by atoms with Gasteiger partial charge in [0, 0.05) is 25.0 Å². The van der Waals surface area contributed by atoms with E-state index in [1.165, 1.54) is 32.1 Å². The summed E-state index contributed by atoms with van der Waals surface area (Å²) in [5.41, 5.74) is 8.92. The highest BCUT2D eigenvalue weighted by atomic mass is 16.1. The van der Waals surface area contributed by atoms with Gasteiger partial charge in [0.05, 0.1) is 0 Å². The van der Waals surface area contributed by atoms with Gasteiger partial charge in [-0.25, -0.2) is 5.01 Å². The topological polar surface area (TPSA) is 58.4 Å². The van der Waals surface area contributed by atoms with Gasteiger partial charge in [0.15, 0.2) is 0 Å². The predicted octanol–water partition coefficient (Wildman–Crippen LogP) is 1.02. The lowest BCUT2D eigenvalue weighted by molar-refractivity contribution is -0.123. The highest BCUT2D eigenvalue weighted by Gasteiger charge is 2.24. The second kappa shape index (κ2) is 5.64. The highest BCUT2D eigenvalue weighted by molar-refractivity contribution is 5.76. The molecule has 0 unspecified atom stereocenters. The monoisotopic (exact) mass is 225 g/mol. The smallest absolute Gasteiger partial charge is 0.220 e. The molecule has 0 spiro atoms. The number of hydrazine groups is 1. The van der Waals surface area contributed by atoms with Crippen LogP contribution in [0.4, 0.5) is 0 Å². The number of carbonyl (C=O) groups is 1. The van der Waals surface area contributed by atoms with E-state index in [1.807, 2.05) is 0 Å². The van der Waals surface area contributed by atoms with Gasteiger partial charge in [-0.05, 0) is 25.7 Å². The summed E-state index contributed by atoms with van der Waals surface area (Å²) in [6.45, 7) is 1.92. The Labute approximate surface area is 97.5 Å². The SMILES string of the molecule is NC(=O)C1CCN(NC2CCCCC2)CC1. The Balaban J connectivity index is 1.70. The maximum atomic E-state index is 11.0. The van der Waals surface area contributed by atoms with Crippen molar-refractivity contribution >= 4 is 5.91 Å². The van der Waals surface area contributed by atoms with E-state index < -0.39 is 0 Å². The van der Waals surface area contributed by atoms with Crippen LogP contribution in [0.25, 0.3) is 0 Å². The van der Waals surface area contributed by atoms with E-state index in [-0.39, 0.29) is 11.8 Å². The van der Waals surface area contributed by atoms with Gasteiger partial charge in [0.1, 0.15) is 0 Å². The molecule has 4 nitrogen and oxygen atoms in total. The lowest BCUT2D eigenvalue weighted by Gasteiger charge is -2.35. The van der Waals surface area contributed by atoms with Gasteiger partial charge in [0.25, 0.3) is 0 Å². The van der Waals surface area contributed by atoms with Crippen LogP contribution < -0.4 is 11.2 Å². The Morgan fingerprint density at radius 1 is 1.06 bits per heavy atom. The van der Waals surface area contributed by atoms with Crippen molar-refractivity contribution in [3.05, 3.63) is 0 Å². The molecule has 1 amide bonds. The molecule has 1 saturated heterocycles. The number of hydrogen-bond donors (Lipinski definition) is 2. The van der Waals surface area contributed by atoms with E-state index >= 15 is 0 Å². The quantitative estimate of drug-likeness (QED) is 0.754. The van der Waals surface area contributed by atoms with Crippen molar-refractivity contribution in [2.45, 2.75) is 51.0 Å².